The van der Waals surface area contributed by atoms with E-state index in [1.807, 2.05) is 35.2 Å². The van der Waals surface area contributed by atoms with Gasteiger partial charge in [-0.05, 0) is 18.6 Å². The average Bonchev–Trinajstić information content (AvgIpc) is 2.44. The maximum absolute atomic E-state index is 11.6. The van der Waals surface area contributed by atoms with Crippen molar-refractivity contribution < 1.29 is 42.2 Å². The van der Waals surface area contributed by atoms with Crippen LogP contribution in [0.3, 0.4) is 0 Å². The summed E-state index contributed by atoms with van der Waals surface area (Å²) < 4.78 is 5.71. The fourth-order valence-corrected chi connectivity index (χ4v) is 2.32. The van der Waals surface area contributed by atoms with Crippen molar-refractivity contribution in [2.24, 2.45) is 0 Å². The number of hydrogen-bond donors (Lipinski definition) is 0. The molecule has 3 nitrogen and oxygen atoms in total. The number of ether oxygens (including phenoxy) is 1. The van der Waals surface area contributed by atoms with E-state index < -0.39 is 0 Å². The van der Waals surface area contributed by atoms with Crippen LogP contribution in [0.15, 0.2) is 30.3 Å². The molecule has 107 valence electrons. The Balaban J connectivity index is 0.00000200. The Labute approximate surface area is 146 Å². The van der Waals surface area contributed by atoms with Gasteiger partial charge in [-0.2, -0.15) is 6.42 Å². The molecule has 1 aromatic carbocycles. The minimum atomic E-state index is 0. The molecule has 0 N–H and O–H groups in total. The Kier molecular flexibility index (Phi) is 8.40. The topological polar surface area (TPSA) is 29.5 Å². The Hall–Kier alpha value is -0.406. The van der Waals surface area contributed by atoms with E-state index in [9.17, 15) is 4.79 Å². The standard InChI is InChI=1S/C16H22NO2.Y/c1-2-3-4-8-11-17-14(12-16(17)18)13-19-15-9-6-5-7-10-15;/h5-7,9-10,14H,1-4,8,11-13H2;/q-1;/t14-;/m1./s1. The first-order valence-electron chi connectivity index (χ1n) is 7.08. The summed E-state index contributed by atoms with van der Waals surface area (Å²) in [5.41, 5.74) is 0. The van der Waals surface area contributed by atoms with Crippen LogP contribution in [0.25, 0.3) is 0 Å². The number of likely N-dealkylation sites (tertiary alicyclic amines) is 1. The molecule has 20 heavy (non-hydrogen) atoms. The molecule has 1 aliphatic rings. The normalized spacial score (nSPS) is 17.4. The molecule has 4 heteroatoms. The van der Waals surface area contributed by atoms with Gasteiger partial charge in [0.2, 0.25) is 5.91 Å². The van der Waals surface area contributed by atoms with Gasteiger partial charge in [0, 0.05) is 39.3 Å². The molecule has 0 saturated carbocycles. The van der Waals surface area contributed by atoms with Crippen molar-refractivity contribution in [2.75, 3.05) is 13.2 Å². The van der Waals surface area contributed by atoms with Crippen LogP contribution in [0.2, 0.25) is 0 Å². The summed E-state index contributed by atoms with van der Waals surface area (Å²) in [6, 6.07) is 10.0. The summed E-state index contributed by atoms with van der Waals surface area (Å²) in [5.74, 6) is 1.13. The molecular formula is C16H22NO2Y-. The van der Waals surface area contributed by atoms with Crippen molar-refractivity contribution >= 4 is 5.91 Å². The number of unbranched alkanes of at least 4 members (excludes halogenated alkanes) is 3. The first-order valence-corrected chi connectivity index (χ1v) is 7.08. The molecule has 0 aliphatic carbocycles. The molecular weight excluding hydrogens is 327 g/mol. The maximum atomic E-state index is 11.6. The van der Waals surface area contributed by atoms with Crippen LogP contribution in [-0.4, -0.2) is 30.0 Å². The molecule has 1 amide bonds. The second-order valence-corrected chi connectivity index (χ2v) is 4.98. The fraction of sp³-hybridized carbons (Fsp3) is 0.500. The van der Waals surface area contributed by atoms with Gasteiger partial charge in [-0.15, -0.1) is 0 Å². The van der Waals surface area contributed by atoms with Crippen LogP contribution in [0.5, 0.6) is 5.75 Å². The number of benzene rings is 1. The number of para-hydroxylation sites is 1. The molecule has 0 spiro atoms. The van der Waals surface area contributed by atoms with Gasteiger partial charge in [-0.1, -0.05) is 31.0 Å². The van der Waals surface area contributed by atoms with Crippen LogP contribution in [0.1, 0.15) is 32.1 Å². The summed E-state index contributed by atoms with van der Waals surface area (Å²) in [6.07, 6.45) is 4.98. The van der Waals surface area contributed by atoms with Crippen LogP contribution in [0, 0.1) is 6.92 Å². The zero-order chi connectivity index (χ0) is 13.5. The zero-order valence-electron chi connectivity index (χ0n) is 12.0. The largest absolute Gasteiger partial charge is 0.491 e. The van der Waals surface area contributed by atoms with Gasteiger partial charge >= 0.3 is 0 Å². The molecule has 1 radical (unpaired) electrons. The van der Waals surface area contributed by atoms with E-state index >= 15 is 0 Å². The molecule has 1 fully saturated rings. The maximum Gasteiger partial charge on any atom is 0.225 e. The number of hydrogen-bond acceptors (Lipinski definition) is 2. The molecule has 1 aliphatic heterocycles. The van der Waals surface area contributed by atoms with Crippen LogP contribution in [-0.2, 0) is 37.5 Å². The monoisotopic (exact) mass is 349 g/mol. The predicted octanol–water partition coefficient (Wildman–Crippen LogP) is 3.06. The molecule has 1 heterocycles. The van der Waals surface area contributed by atoms with Gasteiger partial charge in [0.1, 0.15) is 12.4 Å². The summed E-state index contributed by atoms with van der Waals surface area (Å²) >= 11 is 0. The molecule has 1 aromatic rings. The van der Waals surface area contributed by atoms with Crippen molar-refractivity contribution in [1.29, 1.82) is 0 Å². The van der Waals surface area contributed by atoms with E-state index in [1.165, 1.54) is 0 Å². The summed E-state index contributed by atoms with van der Waals surface area (Å²) in [6.45, 7) is 5.29. The number of β-lactam (4-membered cyclic amide) rings is 1. The Morgan fingerprint density at radius 3 is 2.60 bits per heavy atom. The number of carbonyl (C=O) groups excluding carboxylic acids is 1. The second kappa shape index (κ2) is 9.52. The van der Waals surface area contributed by atoms with Crippen LogP contribution < -0.4 is 4.74 Å². The van der Waals surface area contributed by atoms with Crippen molar-refractivity contribution in [2.45, 2.75) is 38.1 Å². The van der Waals surface area contributed by atoms with E-state index in [4.69, 9.17) is 4.74 Å². The minimum absolute atomic E-state index is 0. The quantitative estimate of drug-likeness (QED) is 0.410. The number of carbonyl (C=O) groups is 1. The van der Waals surface area contributed by atoms with Crippen molar-refractivity contribution in [3.63, 3.8) is 0 Å². The molecule has 0 unspecified atom stereocenters. The second-order valence-electron chi connectivity index (χ2n) is 4.98. The van der Waals surface area contributed by atoms with E-state index in [2.05, 4.69) is 6.92 Å². The van der Waals surface area contributed by atoms with Crippen molar-refractivity contribution in [3.05, 3.63) is 37.3 Å². The Morgan fingerprint density at radius 2 is 1.95 bits per heavy atom. The van der Waals surface area contributed by atoms with Gasteiger partial charge in [-0.25, -0.2) is 0 Å². The van der Waals surface area contributed by atoms with Gasteiger partial charge in [-0.3, -0.25) is 4.79 Å². The third-order valence-electron chi connectivity index (χ3n) is 3.51. The minimum Gasteiger partial charge on any atom is -0.491 e. The smallest absolute Gasteiger partial charge is 0.225 e. The molecule has 1 atom stereocenters. The van der Waals surface area contributed by atoms with Gasteiger partial charge in [0.05, 0.1) is 12.5 Å². The summed E-state index contributed by atoms with van der Waals surface area (Å²) in [4.78, 5) is 13.5. The molecule has 1 saturated heterocycles. The zero-order valence-corrected chi connectivity index (χ0v) is 14.8. The average molecular weight is 349 g/mol. The van der Waals surface area contributed by atoms with Gasteiger partial charge in [0.25, 0.3) is 0 Å². The third-order valence-corrected chi connectivity index (χ3v) is 3.51. The Morgan fingerprint density at radius 1 is 1.20 bits per heavy atom. The van der Waals surface area contributed by atoms with E-state index in [1.54, 1.807) is 0 Å². The van der Waals surface area contributed by atoms with Crippen molar-refractivity contribution in [3.8, 4) is 5.75 Å². The van der Waals surface area contributed by atoms with Crippen LogP contribution in [0.4, 0.5) is 0 Å². The van der Waals surface area contributed by atoms with Gasteiger partial charge in [0.15, 0.2) is 0 Å². The first-order chi connectivity index (χ1) is 9.31. The molecule has 2 rings (SSSR count). The number of nitrogens with zero attached hydrogens (tertiary/aromatic N) is 1. The fourth-order valence-electron chi connectivity index (χ4n) is 2.32. The van der Waals surface area contributed by atoms with Crippen LogP contribution >= 0.6 is 0 Å². The third kappa shape index (κ3) is 5.18. The van der Waals surface area contributed by atoms with E-state index in [0.717, 1.165) is 38.0 Å². The SMILES string of the molecule is [CH2-]CCCCCN1C(=O)C[C@@H]1COc1ccccc1.[Y]. The van der Waals surface area contributed by atoms with Crippen molar-refractivity contribution in [1.82, 2.24) is 4.90 Å². The summed E-state index contributed by atoms with van der Waals surface area (Å²) in [5, 5.41) is 0. The molecule has 0 aromatic heterocycles. The number of amides is 1. The van der Waals surface area contributed by atoms with Gasteiger partial charge < -0.3 is 16.6 Å². The van der Waals surface area contributed by atoms with E-state index in [0.29, 0.717) is 13.0 Å². The predicted molar refractivity (Wildman–Crippen MR) is 75.9 cm³/mol. The van der Waals surface area contributed by atoms with E-state index in [-0.39, 0.29) is 44.7 Å². The summed E-state index contributed by atoms with van der Waals surface area (Å²) in [7, 11) is 0. The Bertz CT molecular complexity index is 397. The number of rotatable bonds is 8. The first kappa shape index (κ1) is 17.6. The molecule has 0 bridgehead atoms.